The van der Waals surface area contributed by atoms with E-state index in [4.69, 9.17) is 5.26 Å². The minimum atomic E-state index is -3.88. The van der Waals surface area contributed by atoms with Gasteiger partial charge < -0.3 is 5.32 Å². The molecule has 0 radical (unpaired) electrons. The summed E-state index contributed by atoms with van der Waals surface area (Å²) in [5.41, 5.74) is 1.16. The zero-order chi connectivity index (χ0) is 21.0. The molecule has 9 nitrogen and oxygen atoms in total. The molecule has 148 valence electrons. The number of rotatable bonds is 6. The standard InChI is InChI=1S/C20H15N7O2S/c21-13-15-4-1-2-5-18(15)30(28,29)26-17-8-6-16(7-9-17)25-19-12-20(23-14-22-19)27-11-3-10-24-27/h1-12,14,26H,(H,22,23,25). The highest BCUT2D eigenvalue weighted by atomic mass is 32.2. The van der Waals surface area contributed by atoms with Crippen molar-refractivity contribution < 1.29 is 8.42 Å². The molecular weight excluding hydrogens is 402 g/mol. The molecule has 0 bridgehead atoms. The molecule has 0 aliphatic carbocycles. The molecule has 0 aliphatic rings. The van der Waals surface area contributed by atoms with Gasteiger partial charge in [-0.3, -0.25) is 4.72 Å². The zero-order valence-electron chi connectivity index (χ0n) is 15.5. The highest BCUT2D eigenvalue weighted by molar-refractivity contribution is 7.92. The van der Waals surface area contributed by atoms with E-state index in [2.05, 4.69) is 25.1 Å². The molecule has 0 amide bonds. The first-order valence-electron chi connectivity index (χ1n) is 8.76. The molecule has 0 aliphatic heterocycles. The maximum Gasteiger partial charge on any atom is 0.263 e. The molecule has 0 saturated heterocycles. The fourth-order valence-corrected chi connectivity index (χ4v) is 3.94. The first kappa shape index (κ1) is 19.1. The number of hydrogen-bond donors (Lipinski definition) is 2. The Morgan fingerprint density at radius 3 is 2.47 bits per heavy atom. The van der Waals surface area contributed by atoms with Crippen molar-refractivity contribution in [1.82, 2.24) is 19.7 Å². The lowest BCUT2D eigenvalue weighted by Crippen LogP contribution is -2.14. The number of sulfonamides is 1. The Hall–Kier alpha value is -4.23. The number of benzene rings is 2. The minimum absolute atomic E-state index is 0.0677. The summed E-state index contributed by atoms with van der Waals surface area (Å²) >= 11 is 0. The van der Waals surface area contributed by atoms with Crippen LogP contribution in [0.15, 0.2) is 84.3 Å². The summed E-state index contributed by atoms with van der Waals surface area (Å²) in [6, 6.07) is 18.1. The average Bonchev–Trinajstić information content (AvgIpc) is 3.30. The lowest BCUT2D eigenvalue weighted by molar-refractivity contribution is 0.601. The second-order valence-corrected chi connectivity index (χ2v) is 7.78. The van der Waals surface area contributed by atoms with E-state index >= 15 is 0 Å². The number of anilines is 3. The summed E-state index contributed by atoms with van der Waals surface area (Å²) in [6.07, 6.45) is 4.86. The van der Waals surface area contributed by atoms with Gasteiger partial charge in [0.25, 0.3) is 10.0 Å². The third-order valence-electron chi connectivity index (χ3n) is 4.10. The molecule has 0 saturated carbocycles. The summed E-state index contributed by atoms with van der Waals surface area (Å²) < 4.78 is 29.3. The van der Waals surface area contributed by atoms with E-state index in [0.29, 0.717) is 23.0 Å². The van der Waals surface area contributed by atoms with E-state index in [9.17, 15) is 8.42 Å². The van der Waals surface area contributed by atoms with Crippen molar-refractivity contribution in [2.75, 3.05) is 10.0 Å². The number of nitrogens with one attached hydrogen (secondary N) is 2. The summed E-state index contributed by atoms with van der Waals surface area (Å²) in [7, 11) is -3.88. The van der Waals surface area contributed by atoms with E-state index in [-0.39, 0.29) is 10.5 Å². The van der Waals surface area contributed by atoms with E-state index < -0.39 is 10.0 Å². The largest absolute Gasteiger partial charge is 0.340 e. The molecule has 2 heterocycles. The Morgan fingerprint density at radius 1 is 0.967 bits per heavy atom. The smallest absolute Gasteiger partial charge is 0.263 e. The van der Waals surface area contributed by atoms with Crippen LogP contribution in [0.1, 0.15) is 5.56 Å². The van der Waals surface area contributed by atoms with Crippen molar-refractivity contribution in [3.8, 4) is 11.9 Å². The van der Waals surface area contributed by atoms with E-state index in [1.807, 2.05) is 6.07 Å². The van der Waals surface area contributed by atoms with Crippen LogP contribution in [0.25, 0.3) is 5.82 Å². The molecule has 2 aromatic carbocycles. The maximum absolute atomic E-state index is 12.6. The van der Waals surface area contributed by atoms with Gasteiger partial charge in [0.2, 0.25) is 0 Å². The zero-order valence-corrected chi connectivity index (χ0v) is 16.3. The summed E-state index contributed by atoms with van der Waals surface area (Å²) in [5, 5.41) is 16.4. The molecule has 2 aromatic heterocycles. The predicted molar refractivity (Wildman–Crippen MR) is 111 cm³/mol. The second-order valence-electron chi connectivity index (χ2n) is 6.13. The molecular formula is C20H15N7O2S. The Balaban J connectivity index is 1.50. The van der Waals surface area contributed by atoms with Gasteiger partial charge >= 0.3 is 0 Å². The molecule has 10 heteroatoms. The van der Waals surface area contributed by atoms with E-state index in [1.54, 1.807) is 65.6 Å². The Labute approximate surface area is 172 Å². The molecule has 0 spiro atoms. The van der Waals surface area contributed by atoms with Crippen molar-refractivity contribution in [2.24, 2.45) is 0 Å². The quantitative estimate of drug-likeness (QED) is 0.494. The van der Waals surface area contributed by atoms with Crippen LogP contribution >= 0.6 is 0 Å². The van der Waals surface area contributed by atoms with Gasteiger partial charge in [0.1, 0.15) is 23.1 Å². The highest BCUT2D eigenvalue weighted by Crippen LogP contribution is 2.22. The molecule has 0 fully saturated rings. The van der Waals surface area contributed by atoms with Crippen molar-refractivity contribution in [3.63, 3.8) is 0 Å². The van der Waals surface area contributed by atoms with Gasteiger partial charge in [0, 0.05) is 29.8 Å². The first-order chi connectivity index (χ1) is 14.5. The van der Waals surface area contributed by atoms with Crippen LogP contribution in [-0.2, 0) is 10.0 Å². The van der Waals surface area contributed by atoms with Crippen LogP contribution in [0, 0.1) is 11.3 Å². The molecule has 2 N–H and O–H groups in total. The molecule has 0 unspecified atom stereocenters. The Bertz CT molecular complexity index is 1310. The van der Waals surface area contributed by atoms with Crippen LogP contribution in [0.3, 0.4) is 0 Å². The second kappa shape index (κ2) is 8.02. The number of hydrogen-bond acceptors (Lipinski definition) is 7. The van der Waals surface area contributed by atoms with Crippen molar-refractivity contribution in [2.45, 2.75) is 4.90 Å². The molecule has 30 heavy (non-hydrogen) atoms. The molecule has 4 rings (SSSR count). The summed E-state index contributed by atoms with van der Waals surface area (Å²) in [4.78, 5) is 8.28. The first-order valence-corrected chi connectivity index (χ1v) is 10.2. The number of nitriles is 1. The lowest BCUT2D eigenvalue weighted by Gasteiger charge is -2.11. The van der Waals surface area contributed by atoms with E-state index in [0.717, 1.165) is 0 Å². The van der Waals surface area contributed by atoms with Crippen LogP contribution in [0.4, 0.5) is 17.2 Å². The average molecular weight is 417 g/mol. The Morgan fingerprint density at radius 2 is 1.73 bits per heavy atom. The third kappa shape index (κ3) is 4.11. The molecule has 4 aromatic rings. The monoisotopic (exact) mass is 417 g/mol. The van der Waals surface area contributed by atoms with Crippen LogP contribution in [-0.4, -0.2) is 28.2 Å². The van der Waals surface area contributed by atoms with Crippen molar-refractivity contribution in [1.29, 1.82) is 5.26 Å². The highest BCUT2D eigenvalue weighted by Gasteiger charge is 2.18. The third-order valence-corrected chi connectivity index (χ3v) is 5.54. The fraction of sp³-hybridized carbons (Fsp3) is 0. The minimum Gasteiger partial charge on any atom is -0.340 e. The van der Waals surface area contributed by atoms with Gasteiger partial charge in [-0.25, -0.2) is 23.1 Å². The number of nitrogens with zero attached hydrogens (tertiary/aromatic N) is 5. The summed E-state index contributed by atoms with van der Waals surface area (Å²) in [5.74, 6) is 1.17. The van der Waals surface area contributed by atoms with Gasteiger partial charge in [-0.1, -0.05) is 12.1 Å². The van der Waals surface area contributed by atoms with Crippen LogP contribution in [0.2, 0.25) is 0 Å². The lowest BCUT2D eigenvalue weighted by atomic mass is 10.2. The topological polar surface area (TPSA) is 126 Å². The fourth-order valence-electron chi connectivity index (χ4n) is 2.72. The van der Waals surface area contributed by atoms with Gasteiger partial charge in [0.15, 0.2) is 5.82 Å². The predicted octanol–water partition coefficient (Wildman–Crippen LogP) is 3.08. The van der Waals surface area contributed by atoms with Gasteiger partial charge in [0.05, 0.1) is 5.56 Å². The molecule has 0 atom stereocenters. The normalized spacial score (nSPS) is 10.9. The van der Waals surface area contributed by atoms with Gasteiger partial charge in [-0.05, 0) is 42.5 Å². The summed E-state index contributed by atoms with van der Waals surface area (Å²) in [6.45, 7) is 0. The van der Waals surface area contributed by atoms with Crippen molar-refractivity contribution in [3.05, 3.63) is 84.9 Å². The van der Waals surface area contributed by atoms with Crippen molar-refractivity contribution >= 4 is 27.2 Å². The van der Waals surface area contributed by atoms with E-state index in [1.165, 1.54) is 18.5 Å². The van der Waals surface area contributed by atoms with Gasteiger partial charge in [-0.15, -0.1) is 0 Å². The van der Waals surface area contributed by atoms with Gasteiger partial charge in [-0.2, -0.15) is 10.4 Å². The Kier molecular flexibility index (Phi) is 5.11. The maximum atomic E-state index is 12.6. The van der Waals surface area contributed by atoms with Crippen LogP contribution in [0.5, 0.6) is 0 Å². The SMILES string of the molecule is N#Cc1ccccc1S(=O)(=O)Nc1ccc(Nc2cc(-n3cccn3)ncn2)cc1. The number of aromatic nitrogens is 4. The van der Waals surface area contributed by atoms with Crippen LogP contribution < -0.4 is 10.0 Å².